The van der Waals surface area contributed by atoms with Crippen molar-refractivity contribution < 1.29 is 19.1 Å². The molecule has 21 heavy (non-hydrogen) atoms. The highest BCUT2D eigenvalue weighted by Crippen LogP contribution is 2.15. The second-order valence-corrected chi connectivity index (χ2v) is 5.24. The Morgan fingerprint density at radius 2 is 1.81 bits per heavy atom. The summed E-state index contributed by atoms with van der Waals surface area (Å²) in [7, 11) is 0. The number of carbonyl (C=O) groups excluding carboxylic acids is 3. The van der Waals surface area contributed by atoms with Gasteiger partial charge in [-0.15, -0.1) is 0 Å². The number of benzene rings is 1. The Hall–Kier alpha value is -2.37. The molecule has 1 aromatic carbocycles. The lowest BCUT2D eigenvalue weighted by Crippen LogP contribution is -2.45. The fourth-order valence-corrected chi connectivity index (χ4v) is 1.91. The van der Waals surface area contributed by atoms with E-state index in [4.69, 9.17) is 10.5 Å². The van der Waals surface area contributed by atoms with Crippen molar-refractivity contribution in [1.29, 1.82) is 0 Å². The van der Waals surface area contributed by atoms with E-state index in [1.807, 2.05) is 18.3 Å². The number of ether oxygens (including phenoxy) is 1. The van der Waals surface area contributed by atoms with Gasteiger partial charge in [-0.2, -0.15) is 0 Å². The molecule has 1 unspecified atom stereocenters. The largest absolute Gasteiger partial charge is 0.448 e. The summed E-state index contributed by atoms with van der Waals surface area (Å²) in [5.41, 5.74) is 7.08. The fraction of sp³-hybridized carbons (Fsp3) is 0.400. The Morgan fingerprint density at radius 3 is 2.29 bits per heavy atom. The zero-order valence-electron chi connectivity index (χ0n) is 12.6. The van der Waals surface area contributed by atoms with Crippen molar-refractivity contribution in [3.05, 3.63) is 34.9 Å². The van der Waals surface area contributed by atoms with Crippen molar-refractivity contribution in [2.24, 2.45) is 11.7 Å². The first-order valence-corrected chi connectivity index (χ1v) is 6.61. The number of nitrogens with one attached hydrogen (secondary N) is 1. The van der Waals surface area contributed by atoms with Gasteiger partial charge in [-0.25, -0.2) is 9.59 Å². The minimum absolute atomic E-state index is 0.293. The first-order valence-electron chi connectivity index (χ1n) is 6.61. The number of amides is 3. The van der Waals surface area contributed by atoms with E-state index in [1.54, 1.807) is 32.9 Å². The Labute approximate surface area is 123 Å². The fourth-order valence-electron chi connectivity index (χ4n) is 1.91. The van der Waals surface area contributed by atoms with Crippen LogP contribution in [0.5, 0.6) is 0 Å². The SMILES string of the molecule is Cc1ccc(C(=O)OC(C(=O)NC(N)=O)C(C)C)c(C)c1. The molecule has 0 aliphatic heterocycles. The molecule has 0 heterocycles. The lowest BCUT2D eigenvalue weighted by Gasteiger charge is -2.20. The van der Waals surface area contributed by atoms with Gasteiger partial charge in [0, 0.05) is 0 Å². The maximum atomic E-state index is 12.2. The summed E-state index contributed by atoms with van der Waals surface area (Å²) in [5.74, 6) is -1.62. The minimum Gasteiger partial charge on any atom is -0.448 e. The molecule has 0 aliphatic rings. The zero-order chi connectivity index (χ0) is 16.2. The molecule has 0 saturated heterocycles. The zero-order valence-corrected chi connectivity index (χ0v) is 12.6. The van der Waals surface area contributed by atoms with E-state index in [0.29, 0.717) is 5.56 Å². The van der Waals surface area contributed by atoms with E-state index >= 15 is 0 Å². The molecule has 0 fully saturated rings. The summed E-state index contributed by atoms with van der Waals surface area (Å²) < 4.78 is 5.22. The van der Waals surface area contributed by atoms with Crippen LogP contribution in [0.2, 0.25) is 0 Å². The maximum absolute atomic E-state index is 12.2. The number of esters is 1. The van der Waals surface area contributed by atoms with Crippen molar-refractivity contribution in [2.45, 2.75) is 33.8 Å². The van der Waals surface area contributed by atoms with Crippen molar-refractivity contribution >= 4 is 17.9 Å². The summed E-state index contributed by atoms with van der Waals surface area (Å²) in [4.78, 5) is 34.7. The van der Waals surface area contributed by atoms with Crippen LogP contribution in [0.1, 0.15) is 35.3 Å². The topological polar surface area (TPSA) is 98.5 Å². The van der Waals surface area contributed by atoms with Gasteiger partial charge in [-0.1, -0.05) is 31.5 Å². The van der Waals surface area contributed by atoms with E-state index in [0.717, 1.165) is 11.1 Å². The summed E-state index contributed by atoms with van der Waals surface area (Å²) in [6.07, 6.45) is -1.08. The second kappa shape index (κ2) is 6.88. The third-order valence-electron chi connectivity index (χ3n) is 2.95. The first-order chi connectivity index (χ1) is 9.72. The number of hydrogen-bond donors (Lipinski definition) is 2. The van der Waals surface area contributed by atoms with Crippen LogP contribution in [0, 0.1) is 19.8 Å². The molecule has 0 aliphatic carbocycles. The molecule has 0 saturated carbocycles. The van der Waals surface area contributed by atoms with Crippen LogP contribution in [0.15, 0.2) is 18.2 Å². The number of nitrogens with two attached hydrogens (primary N) is 1. The first kappa shape index (κ1) is 16.7. The molecule has 1 aromatic rings. The highest BCUT2D eigenvalue weighted by molar-refractivity contribution is 5.98. The van der Waals surface area contributed by atoms with Gasteiger partial charge in [0.2, 0.25) is 0 Å². The molecule has 3 amide bonds. The van der Waals surface area contributed by atoms with Gasteiger partial charge in [0.25, 0.3) is 5.91 Å². The van der Waals surface area contributed by atoms with Crippen molar-refractivity contribution in [1.82, 2.24) is 5.32 Å². The van der Waals surface area contributed by atoms with E-state index in [1.165, 1.54) is 0 Å². The number of rotatable bonds is 4. The van der Waals surface area contributed by atoms with E-state index in [2.05, 4.69) is 0 Å². The third-order valence-corrected chi connectivity index (χ3v) is 2.95. The highest BCUT2D eigenvalue weighted by atomic mass is 16.5. The van der Waals surface area contributed by atoms with Gasteiger partial charge in [0.1, 0.15) is 0 Å². The lowest BCUT2D eigenvalue weighted by atomic mass is 10.0. The molecule has 0 bridgehead atoms. The molecule has 6 heteroatoms. The van der Waals surface area contributed by atoms with E-state index in [-0.39, 0.29) is 5.92 Å². The molecule has 1 atom stereocenters. The number of aryl methyl sites for hydroxylation is 2. The molecule has 1 rings (SSSR count). The van der Waals surface area contributed by atoms with Crippen LogP contribution in [0.3, 0.4) is 0 Å². The standard InChI is InChI=1S/C15H20N2O4/c1-8(2)12(13(18)17-15(16)20)21-14(19)11-6-5-9(3)7-10(11)4/h5-8,12H,1-4H3,(H3,16,17,18,20). The molecule has 0 spiro atoms. The Kier molecular flexibility index (Phi) is 5.46. The average molecular weight is 292 g/mol. The number of hydrogen-bond acceptors (Lipinski definition) is 4. The minimum atomic E-state index is -1.08. The molecular weight excluding hydrogens is 272 g/mol. The van der Waals surface area contributed by atoms with Crippen LogP contribution < -0.4 is 11.1 Å². The summed E-state index contributed by atoms with van der Waals surface area (Å²) in [5, 5.41) is 1.93. The lowest BCUT2D eigenvalue weighted by molar-refractivity contribution is -0.130. The summed E-state index contributed by atoms with van der Waals surface area (Å²) >= 11 is 0. The Balaban J connectivity index is 2.91. The molecule has 3 N–H and O–H groups in total. The van der Waals surface area contributed by atoms with E-state index in [9.17, 15) is 14.4 Å². The van der Waals surface area contributed by atoms with E-state index < -0.39 is 24.0 Å². The monoisotopic (exact) mass is 292 g/mol. The second-order valence-electron chi connectivity index (χ2n) is 5.24. The number of carbonyl (C=O) groups is 3. The predicted molar refractivity (Wildman–Crippen MR) is 77.7 cm³/mol. The van der Waals surface area contributed by atoms with Gasteiger partial charge in [0.05, 0.1) is 5.56 Å². The smallest absolute Gasteiger partial charge is 0.339 e. The number of imide groups is 1. The quantitative estimate of drug-likeness (QED) is 0.825. The molecular formula is C15H20N2O4. The molecule has 114 valence electrons. The van der Waals surface area contributed by atoms with Crippen LogP contribution in [-0.2, 0) is 9.53 Å². The summed E-state index contributed by atoms with van der Waals surface area (Å²) in [6, 6.07) is 4.31. The van der Waals surface area contributed by atoms with Gasteiger partial charge >= 0.3 is 12.0 Å². The van der Waals surface area contributed by atoms with Crippen molar-refractivity contribution in [2.75, 3.05) is 0 Å². The molecule has 6 nitrogen and oxygen atoms in total. The van der Waals surface area contributed by atoms with Crippen LogP contribution in [0.25, 0.3) is 0 Å². The summed E-state index contributed by atoms with van der Waals surface area (Å²) in [6.45, 7) is 7.12. The van der Waals surface area contributed by atoms with Crippen LogP contribution in [-0.4, -0.2) is 24.0 Å². The maximum Gasteiger partial charge on any atom is 0.339 e. The van der Waals surface area contributed by atoms with Gasteiger partial charge in [-0.3, -0.25) is 10.1 Å². The molecule has 0 radical (unpaired) electrons. The van der Waals surface area contributed by atoms with Crippen LogP contribution in [0.4, 0.5) is 4.79 Å². The number of urea groups is 1. The van der Waals surface area contributed by atoms with Crippen molar-refractivity contribution in [3.63, 3.8) is 0 Å². The van der Waals surface area contributed by atoms with Gasteiger partial charge in [0.15, 0.2) is 6.10 Å². The highest BCUT2D eigenvalue weighted by Gasteiger charge is 2.28. The Morgan fingerprint density at radius 1 is 1.19 bits per heavy atom. The van der Waals surface area contributed by atoms with Gasteiger partial charge < -0.3 is 10.5 Å². The predicted octanol–water partition coefficient (Wildman–Crippen LogP) is 1.68. The van der Waals surface area contributed by atoms with Gasteiger partial charge in [-0.05, 0) is 31.4 Å². The average Bonchev–Trinajstić information content (AvgIpc) is 2.34. The normalized spacial score (nSPS) is 11.9. The number of primary amides is 1. The van der Waals surface area contributed by atoms with Crippen molar-refractivity contribution in [3.8, 4) is 0 Å². The third kappa shape index (κ3) is 4.59. The Bertz CT molecular complexity index is 567. The van der Waals surface area contributed by atoms with Crippen LogP contribution >= 0.6 is 0 Å². The molecule has 0 aromatic heterocycles.